The van der Waals surface area contributed by atoms with Crippen molar-refractivity contribution in [2.24, 2.45) is 10.9 Å². The molecule has 0 aromatic carbocycles. The van der Waals surface area contributed by atoms with Gasteiger partial charge in [-0.2, -0.15) is 13.2 Å². The molecule has 2 aliphatic heterocycles. The van der Waals surface area contributed by atoms with E-state index in [4.69, 9.17) is 5.11 Å². The minimum Gasteiger partial charge on any atom is -0.382 e. The van der Waals surface area contributed by atoms with Gasteiger partial charge in [0.2, 0.25) is 0 Å². The van der Waals surface area contributed by atoms with E-state index in [2.05, 4.69) is 15.2 Å². The van der Waals surface area contributed by atoms with Crippen molar-refractivity contribution in [1.29, 1.82) is 0 Å². The predicted octanol–water partition coefficient (Wildman–Crippen LogP) is 0.903. The highest BCUT2D eigenvalue weighted by atomic mass is 19.4. The van der Waals surface area contributed by atoms with Crippen LogP contribution in [0.25, 0.3) is 0 Å². The van der Waals surface area contributed by atoms with Gasteiger partial charge >= 0.3 is 6.18 Å². The second-order valence-corrected chi connectivity index (χ2v) is 6.09. The summed E-state index contributed by atoms with van der Waals surface area (Å²) in [6.07, 6.45) is -3.43. The number of aliphatic hydroxyl groups is 1. The van der Waals surface area contributed by atoms with Crippen LogP contribution in [0.2, 0.25) is 0 Å². The van der Waals surface area contributed by atoms with Crippen molar-refractivity contribution >= 4 is 5.96 Å². The van der Waals surface area contributed by atoms with E-state index in [1.807, 2.05) is 4.90 Å². The number of nitrogens with zero attached hydrogens (tertiary/aromatic N) is 3. The molecule has 2 heterocycles. The Bertz CT molecular complexity index is 383. The Labute approximate surface area is 129 Å². The number of rotatable bonds is 4. The van der Waals surface area contributed by atoms with Gasteiger partial charge in [0, 0.05) is 26.7 Å². The third-order valence-electron chi connectivity index (χ3n) is 4.34. The predicted molar refractivity (Wildman–Crippen MR) is 78.8 cm³/mol. The zero-order valence-electron chi connectivity index (χ0n) is 12.9. The van der Waals surface area contributed by atoms with Crippen LogP contribution in [-0.2, 0) is 0 Å². The van der Waals surface area contributed by atoms with Gasteiger partial charge in [-0.1, -0.05) is 0 Å². The molecule has 2 aliphatic rings. The van der Waals surface area contributed by atoms with Crippen LogP contribution in [0.5, 0.6) is 0 Å². The van der Waals surface area contributed by atoms with E-state index in [1.54, 1.807) is 7.05 Å². The highest BCUT2D eigenvalue weighted by molar-refractivity contribution is 5.80. The maximum absolute atomic E-state index is 12.3. The van der Waals surface area contributed by atoms with Crippen LogP contribution in [0.4, 0.5) is 13.2 Å². The third-order valence-corrected chi connectivity index (χ3v) is 4.34. The minimum atomic E-state index is -4.60. The van der Waals surface area contributed by atoms with Crippen LogP contribution in [0.1, 0.15) is 19.3 Å². The fourth-order valence-corrected chi connectivity index (χ4v) is 3.14. The largest absolute Gasteiger partial charge is 0.416 e. The van der Waals surface area contributed by atoms with Crippen molar-refractivity contribution in [1.82, 2.24) is 15.1 Å². The normalized spacial score (nSPS) is 25.8. The lowest BCUT2D eigenvalue weighted by atomic mass is 10.1. The summed E-state index contributed by atoms with van der Waals surface area (Å²) in [6.45, 7) is 4.39. The van der Waals surface area contributed by atoms with Crippen LogP contribution in [0.3, 0.4) is 0 Å². The van der Waals surface area contributed by atoms with E-state index in [0.717, 1.165) is 39.1 Å². The summed E-state index contributed by atoms with van der Waals surface area (Å²) in [5.41, 5.74) is 0. The molecule has 2 unspecified atom stereocenters. The van der Waals surface area contributed by atoms with Crippen LogP contribution in [0, 0.1) is 5.92 Å². The first kappa shape index (κ1) is 17.3. The van der Waals surface area contributed by atoms with Gasteiger partial charge in [-0.05, 0) is 38.3 Å². The first-order valence-corrected chi connectivity index (χ1v) is 7.83. The maximum Gasteiger partial charge on any atom is 0.416 e. The summed E-state index contributed by atoms with van der Waals surface area (Å²) in [7, 11) is 1.55. The van der Waals surface area contributed by atoms with Gasteiger partial charge in [0.1, 0.15) is 0 Å². The molecule has 0 radical (unpaired) electrons. The van der Waals surface area contributed by atoms with Crippen molar-refractivity contribution in [2.45, 2.75) is 31.5 Å². The molecule has 0 aromatic heterocycles. The Balaban J connectivity index is 1.77. The number of alkyl halides is 3. The van der Waals surface area contributed by atoms with E-state index in [0.29, 0.717) is 11.9 Å². The zero-order valence-corrected chi connectivity index (χ0v) is 12.9. The highest BCUT2D eigenvalue weighted by Gasteiger charge is 2.38. The zero-order chi connectivity index (χ0) is 16.2. The topological polar surface area (TPSA) is 51.1 Å². The van der Waals surface area contributed by atoms with Crippen molar-refractivity contribution in [3.63, 3.8) is 0 Å². The number of hydrogen-bond donors (Lipinski definition) is 2. The number of halogens is 3. The van der Waals surface area contributed by atoms with Gasteiger partial charge in [0.25, 0.3) is 0 Å². The fourth-order valence-electron chi connectivity index (χ4n) is 3.14. The van der Waals surface area contributed by atoms with Gasteiger partial charge in [0.15, 0.2) is 12.1 Å². The summed E-state index contributed by atoms with van der Waals surface area (Å²) in [5, 5.41) is 11.7. The molecule has 0 spiro atoms. The molecule has 22 heavy (non-hydrogen) atoms. The van der Waals surface area contributed by atoms with E-state index < -0.39 is 18.8 Å². The van der Waals surface area contributed by atoms with Crippen molar-refractivity contribution < 1.29 is 18.3 Å². The second-order valence-electron chi connectivity index (χ2n) is 6.09. The van der Waals surface area contributed by atoms with Crippen LogP contribution in [0.15, 0.2) is 4.99 Å². The Kier molecular flexibility index (Phi) is 5.91. The molecule has 0 bridgehead atoms. The first-order valence-electron chi connectivity index (χ1n) is 7.83. The van der Waals surface area contributed by atoms with Crippen molar-refractivity contribution in [2.75, 3.05) is 46.3 Å². The maximum atomic E-state index is 12.3. The summed E-state index contributed by atoms with van der Waals surface area (Å²) < 4.78 is 37.0. The SMILES string of the molecule is CN=C(NCC(O)C(F)(F)F)N1CCC(CN2CCCC2)C1. The molecular weight excluding hydrogens is 297 g/mol. The number of likely N-dealkylation sites (tertiary alicyclic amines) is 2. The number of hydrogen-bond acceptors (Lipinski definition) is 3. The van der Waals surface area contributed by atoms with Gasteiger partial charge in [-0.15, -0.1) is 0 Å². The second kappa shape index (κ2) is 7.50. The lowest BCUT2D eigenvalue weighted by molar-refractivity contribution is -0.201. The number of aliphatic imine (C=N–C) groups is 1. The number of aliphatic hydroxyl groups excluding tert-OH is 1. The molecule has 2 rings (SSSR count). The Morgan fingerprint density at radius 1 is 1.32 bits per heavy atom. The highest BCUT2D eigenvalue weighted by Crippen LogP contribution is 2.21. The van der Waals surface area contributed by atoms with Crippen molar-refractivity contribution in [3.05, 3.63) is 0 Å². The molecule has 2 atom stereocenters. The molecular formula is C14H25F3N4O. The van der Waals surface area contributed by atoms with Gasteiger partial charge in [0.05, 0.1) is 6.54 Å². The average molecular weight is 322 g/mol. The third kappa shape index (κ3) is 4.74. The molecule has 2 N–H and O–H groups in total. The standard InChI is InChI=1S/C14H25F3N4O/c1-18-13(19-8-12(22)14(15,16)17)21-7-4-11(10-21)9-20-5-2-3-6-20/h11-12,22H,2-10H2,1H3,(H,18,19). The monoisotopic (exact) mass is 322 g/mol. The van der Waals surface area contributed by atoms with Gasteiger partial charge < -0.3 is 20.2 Å². The van der Waals surface area contributed by atoms with Gasteiger partial charge in [-0.3, -0.25) is 4.99 Å². The van der Waals surface area contributed by atoms with E-state index in [1.165, 1.54) is 12.8 Å². The van der Waals surface area contributed by atoms with E-state index in [9.17, 15) is 13.2 Å². The van der Waals surface area contributed by atoms with Crippen LogP contribution in [-0.4, -0.2) is 79.5 Å². The lowest BCUT2D eigenvalue weighted by Crippen LogP contribution is -2.46. The lowest BCUT2D eigenvalue weighted by Gasteiger charge is -2.24. The molecule has 128 valence electrons. The average Bonchev–Trinajstić information content (AvgIpc) is 3.11. The van der Waals surface area contributed by atoms with E-state index >= 15 is 0 Å². The summed E-state index contributed by atoms with van der Waals surface area (Å²) in [4.78, 5) is 8.46. The quantitative estimate of drug-likeness (QED) is 0.597. The fraction of sp³-hybridized carbons (Fsp3) is 0.929. The minimum absolute atomic E-state index is 0.437. The molecule has 0 aliphatic carbocycles. The Morgan fingerprint density at radius 2 is 2.00 bits per heavy atom. The van der Waals surface area contributed by atoms with Crippen LogP contribution >= 0.6 is 0 Å². The Hall–Kier alpha value is -1.02. The molecule has 0 aromatic rings. The summed E-state index contributed by atoms with van der Waals surface area (Å²) >= 11 is 0. The molecule has 2 saturated heterocycles. The smallest absolute Gasteiger partial charge is 0.382 e. The van der Waals surface area contributed by atoms with E-state index in [-0.39, 0.29) is 0 Å². The van der Waals surface area contributed by atoms with Gasteiger partial charge in [-0.25, -0.2) is 0 Å². The number of nitrogens with one attached hydrogen (secondary N) is 1. The first-order chi connectivity index (χ1) is 10.4. The molecule has 0 saturated carbocycles. The number of guanidine groups is 1. The molecule has 5 nitrogen and oxygen atoms in total. The summed E-state index contributed by atoms with van der Waals surface area (Å²) in [5.74, 6) is 0.969. The molecule has 0 amide bonds. The Morgan fingerprint density at radius 3 is 2.59 bits per heavy atom. The van der Waals surface area contributed by atoms with Crippen molar-refractivity contribution in [3.8, 4) is 0 Å². The molecule has 8 heteroatoms. The summed E-state index contributed by atoms with van der Waals surface area (Å²) in [6, 6.07) is 0. The molecule has 2 fully saturated rings. The van der Waals surface area contributed by atoms with Crippen LogP contribution < -0.4 is 5.32 Å².